The molecular formula is C29H34ClN7O3. The van der Waals surface area contributed by atoms with Gasteiger partial charge in [0, 0.05) is 75.3 Å². The van der Waals surface area contributed by atoms with Gasteiger partial charge in [0.25, 0.3) is 0 Å². The average molecular weight is 564 g/mol. The molecule has 0 radical (unpaired) electrons. The molecule has 11 heteroatoms. The Bertz CT molecular complexity index is 1320. The highest BCUT2D eigenvalue weighted by Crippen LogP contribution is 2.32. The van der Waals surface area contributed by atoms with Crippen molar-refractivity contribution in [2.24, 2.45) is 0 Å². The lowest BCUT2D eigenvalue weighted by atomic mass is 10.1. The molecule has 1 unspecified atom stereocenters. The van der Waals surface area contributed by atoms with Crippen molar-refractivity contribution in [2.45, 2.75) is 19.4 Å². The SMILES string of the molecule is CC(=O)NCCNc1nc(-c2ccccc2)nc2c1CC(C(=O)N1CCN(CCOc3ccc(Cl)cc3)CC1)N2. The minimum Gasteiger partial charge on any atom is -0.492 e. The van der Waals surface area contributed by atoms with Gasteiger partial charge in [0.1, 0.15) is 30.0 Å². The van der Waals surface area contributed by atoms with Crippen LogP contribution >= 0.6 is 11.6 Å². The summed E-state index contributed by atoms with van der Waals surface area (Å²) in [5, 5.41) is 10.2. The number of rotatable bonds is 10. The van der Waals surface area contributed by atoms with Gasteiger partial charge in [0.05, 0.1) is 0 Å². The van der Waals surface area contributed by atoms with E-state index >= 15 is 0 Å². The van der Waals surface area contributed by atoms with Crippen molar-refractivity contribution in [3.8, 4) is 17.1 Å². The molecule has 0 aliphatic carbocycles. The van der Waals surface area contributed by atoms with Crippen molar-refractivity contribution in [1.82, 2.24) is 25.1 Å². The normalized spacial score (nSPS) is 16.6. The van der Waals surface area contributed by atoms with Crippen molar-refractivity contribution in [3.05, 3.63) is 65.2 Å². The number of amides is 2. The summed E-state index contributed by atoms with van der Waals surface area (Å²) in [5.41, 5.74) is 1.78. The van der Waals surface area contributed by atoms with Gasteiger partial charge >= 0.3 is 0 Å². The van der Waals surface area contributed by atoms with Crippen LogP contribution in [-0.2, 0) is 16.0 Å². The third kappa shape index (κ3) is 7.00. The van der Waals surface area contributed by atoms with Gasteiger partial charge in [-0.05, 0) is 24.3 Å². The second-order valence-electron chi connectivity index (χ2n) is 9.87. The Balaban J connectivity index is 1.18. The Hall–Kier alpha value is -3.89. The van der Waals surface area contributed by atoms with Gasteiger partial charge in [0.2, 0.25) is 11.8 Å². The maximum absolute atomic E-state index is 13.5. The third-order valence-corrected chi connectivity index (χ3v) is 7.27. The molecule has 210 valence electrons. The van der Waals surface area contributed by atoms with Crippen LogP contribution in [0.1, 0.15) is 12.5 Å². The van der Waals surface area contributed by atoms with Crippen LogP contribution in [0.2, 0.25) is 5.02 Å². The molecule has 3 aromatic rings. The van der Waals surface area contributed by atoms with E-state index in [0.29, 0.717) is 61.7 Å². The number of piperazine rings is 1. The number of carbonyl (C=O) groups is 2. The number of hydrogen-bond donors (Lipinski definition) is 3. The first kappa shape index (κ1) is 27.7. The van der Waals surface area contributed by atoms with Gasteiger partial charge in [-0.1, -0.05) is 41.9 Å². The first-order valence-corrected chi connectivity index (χ1v) is 13.9. The van der Waals surface area contributed by atoms with E-state index in [1.165, 1.54) is 6.92 Å². The Labute approximate surface area is 239 Å². The minimum atomic E-state index is -0.397. The van der Waals surface area contributed by atoms with E-state index in [1.54, 1.807) is 0 Å². The summed E-state index contributed by atoms with van der Waals surface area (Å²) in [7, 11) is 0. The first-order valence-electron chi connectivity index (χ1n) is 13.6. The Morgan fingerprint density at radius 1 is 1.02 bits per heavy atom. The molecule has 1 fully saturated rings. The fourth-order valence-electron chi connectivity index (χ4n) is 4.88. The summed E-state index contributed by atoms with van der Waals surface area (Å²) >= 11 is 5.93. The van der Waals surface area contributed by atoms with Crippen molar-refractivity contribution in [1.29, 1.82) is 0 Å². The Kier molecular flexibility index (Phi) is 8.98. The van der Waals surface area contributed by atoms with Crippen LogP contribution in [0.4, 0.5) is 11.6 Å². The monoisotopic (exact) mass is 563 g/mol. The van der Waals surface area contributed by atoms with Crippen LogP contribution in [-0.4, -0.2) is 90.0 Å². The molecule has 2 aliphatic heterocycles. The molecule has 0 saturated carbocycles. The molecule has 2 aromatic carbocycles. The lowest BCUT2D eigenvalue weighted by molar-refractivity contribution is -0.133. The van der Waals surface area contributed by atoms with Gasteiger partial charge < -0.3 is 25.6 Å². The van der Waals surface area contributed by atoms with Crippen LogP contribution < -0.4 is 20.7 Å². The van der Waals surface area contributed by atoms with Gasteiger partial charge in [-0.3, -0.25) is 14.5 Å². The van der Waals surface area contributed by atoms with E-state index in [2.05, 4.69) is 20.9 Å². The van der Waals surface area contributed by atoms with Crippen molar-refractivity contribution in [2.75, 3.05) is 63.1 Å². The largest absolute Gasteiger partial charge is 0.492 e. The molecule has 40 heavy (non-hydrogen) atoms. The molecule has 3 heterocycles. The molecule has 1 aromatic heterocycles. The molecule has 0 bridgehead atoms. The van der Waals surface area contributed by atoms with Crippen LogP contribution in [0.5, 0.6) is 5.75 Å². The highest BCUT2D eigenvalue weighted by Gasteiger charge is 2.35. The molecular weight excluding hydrogens is 530 g/mol. The molecule has 2 amide bonds. The Morgan fingerprint density at radius 2 is 1.77 bits per heavy atom. The maximum Gasteiger partial charge on any atom is 0.245 e. The minimum absolute atomic E-state index is 0.0699. The number of halogens is 1. The van der Waals surface area contributed by atoms with Crippen LogP contribution in [0.25, 0.3) is 11.4 Å². The number of anilines is 2. The van der Waals surface area contributed by atoms with Crippen molar-refractivity contribution >= 4 is 35.1 Å². The molecule has 10 nitrogen and oxygen atoms in total. The lowest BCUT2D eigenvalue weighted by Gasteiger charge is -2.35. The fraction of sp³-hybridized carbons (Fsp3) is 0.379. The third-order valence-electron chi connectivity index (χ3n) is 7.02. The zero-order chi connectivity index (χ0) is 27.9. The number of hydrogen-bond acceptors (Lipinski definition) is 8. The van der Waals surface area contributed by atoms with Crippen LogP contribution in [0, 0.1) is 0 Å². The summed E-state index contributed by atoms with van der Waals surface area (Å²) in [6, 6.07) is 16.7. The first-order chi connectivity index (χ1) is 19.5. The van der Waals surface area contributed by atoms with E-state index in [-0.39, 0.29) is 11.8 Å². The highest BCUT2D eigenvalue weighted by atomic mass is 35.5. The van der Waals surface area contributed by atoms with E-state index in [4.69, 9.17) is 26.3 Å². The Morgan fingerprint density at radius 3 is 2.50 bits per heavy atom. The molecule has 0 spiro atoms. The standard InChI is InChI=1S/C29H34ClN7O3/c1-20(38)31-11-12-32-27-24-19-25(33-28(24)35-26(34-27)21-5-3-2-4-6-21)29(39)37-15-13-36(14-16-37)17-18-40-23-9-7-22(30)8-10-23/h2-10,25H,11-19H2,1H3,(H,31,38)(H2,32,33,34,35). The maximum atomic E-state index is 13.5. The smallest absolute Gasteiger partial charge is 0.245 e. The lowest BCUT2D eigenvalue weighted by Crippen LogP contribution is -2.53. The fourth-order valence-corrected chi connectivity index (χ4v) is 5.01. The zero-order valence-electron chi connectivity index (χ0n) is 22.5. The van der Waals surface area contributed by atoms with E-state index < -0.39 is 6.04 Å². The number of nitrogens with one attached hydrogen (secondary N) is 3. The number of ether oxygens (including phenoxy) is 1. The number of benzene rings is 2. The van der Waals surface area contributed by atoms with E-state index in [1.807, 2.05) is 59.5 Å². The van der Waals surface area contributed by atoms with Gasteiger partial charge in [-0.15, -0.1) is 0 Å². The highest BCUT2D eigenvalue weighted by molar-refractivity contribution is 6.30. The quantitative estimate of drug-likeness (QED) is 0.323. The zero-order valence-corrected chi connectivity index (χ0v) is 23.3. The molecule has 2 aliphatic rings. The van der Waals surface area contributed by atoms with E-state index in [0.717, 1.165) is 36.5 Å². The summed E-state index contributed by atoms with van der Waals surface area (Å²) in [5.74, 6) is 2.72. The topological polar surface area (TPSA) is 112 Å². The predicted molar refractivity (Wildman–Crippen MR) is 156 cm³/mol. The number of aromatic nitrogens is 2. The average Bonchev–Trinajstić information content (AvgIpc) is 3.41. The predicted octanol–water partition coefficient (Wildman–Crippen LogP) is 2.90. The number of fused-ring (bicyclic) bond motifs is 1. The number of carbonyl (C=O) groups excluding carboxylic acids is 2. The summed E-state index contributed by atoms with van der Waals surface area (Å²) < 4.78 is 5.82. The molecule has 3 N–H and O–H groups in total. The molecule has 1 saturated heterocycles. The number of nitrogens with zero attached hydrogens (tertiary/aromatic N) is 4. The van der Waals surface area contributed by atoms with Crippen molar-refractivity contribution in [3.63, 3.8) is 0 Å². The van der Waals surface area contributed by atoms with Gasteiger partial charge in [0.15, 0.2) is 5.82 Å². The summed E-state index contributed by atoms with van der Waals surface area (Å²) in [4.78, 5) is 38.5. The second-order valence-corrected chi connectivity index (χ2v) is 10.3. The summed E-state index contributed by atoms with van der Waals surface area (Å²) in [6.07, 6.45) is 0.501. The second kappa shape index (κ2) is 13.0. The van der Waals surface area contributed by atoms with Gasteiger partial charge in [-0.2, -0.15) is 0 Å². The van der Waals surface area contributed by atoms with Gasteiger partial charge in [-0.25, -0.2) is 9.97 Å². The van der Waals surface area contributed by atoms with Crippen LogP contribution in [0.3, 0.4) is 0 Å². The summed E-state index contributed by atoms with van der Waals surface area (Å²) in [6.45, 7) is 6.77. The van der Waals surface area contributed by atoms with Crippen molar-refractivity contribution < 1.29 is 14.3 Å². The van der Waals surface area contributed by atoms with Crippen LogP contribution in [0.15, 0.2) is 54.6 Å². The van der Waals surface area contributed by atoms with E-state index in [9.17, 15) is 9.59 Å². The molecule has 1 atom stereocenters. The molecule has 5 rings (SSSR count).